The van der Waals surface area contributed by atoms with Crippen molar-refractivity contribution in [2.24, 2.45) is 0 Å². The molecule has 11 heteroatoms. The molecule has 0 saturated carbocycles. The van der Waals surface area contributed by atoms with E-state index < -0.39 is 10.2 Å². The van der Waals surface area contributed by atoms with Crippen LogP contribution in [0.4, 0.5) is 15.8 Å². The summed E-state index contributed by atoms with van der Waals surface area (Å²) >= 11 is 7.27. The van der Waals surface area contributed by atoms with Gasteiger partial charge in [0.15, 0.2) is 11.0 Å². The van der Waals surface area contributed by atoms with E-state index in [1.165, 1.54) is 42.1 Å². The minimum Gasteiger partial charge on any atom is -0.324 e. The minimum atomic E-state index is -0.612. The van der Waals surface area contributed by atoms with Crippen LogP contribution >= 0.6 is 23.4 Å². The zero-order valence-electron chi connectivity index (χ0n) is 17.7. The van der Waals surface area contributed by atoms with E-state index in [9.17, 15) is 19.3 Å². The van der Waals surface area contributed by atoms with Crippen LogP contribution in [0.25, 0.3) is 17.1 Å². The van der Waals surface area contributed by atoms with E-state index in [1.807, 2.05) is 30.3 Å². The first-order valence-electron chi connectivity index (χ1n) is 10.0. The molecule has 4 rings (SSSR count). The molecule has 0 bridgehead atoms. The van der Waals surface area contributed by atoms with Gasteiger partial charge in [0.2, 0.25) is 5.91 Å². The van der Waals surface area contributed by atoms with Crippen LogP contribution < -0.4 is 5.32 Å². The van der Waals surface area contributed by atoms with Crippen molar-refractivity contribution in [3.8, 4) is 17.1 Å². The smallest absolute Gasteiger partial charge is 0.271 e. The molecule has 0 fully saturated rings. The fourth-order valence-electron chi connectivity index (χ4n) is 3.11. The van der Waals surface area contributed by atoms with E-state index >= 15 is 0 Å². The molecule has 8 nitrogen and oxygen atoms in total. The van der Waals surface area contributed by atoms with Crippen LogP contribution in [-0.4, -0.2) is 30.8 Å². The molecular formula is C23H17ClFN5O3S. The second-order valence-electron chi connectivity index (χ2n) is 7.15. The van der Waals surface area contributed by atoms with E-state index in [2.05, 4.69) is 15.5 Å². The number of hydrogen-bond donors (Lipinski definition) is 1. The molecule has 0 spiro atoms. The minimum absolute atomic E-state index is 0.0609. The van der Waals surface area contributed by atoms with Gasteiger partial charge in [0.25, 0.3) is 5.69 Å². The number of hydrogen-bond acceptors (Lipinski definition) is 6. The number of carbonyl (C=O) groups is 1. The summed E-state index contributed by atoms with van der Waals surface area (Å²) in [4.78, 5) is 23.2. The molecule has 1 unspecified atom stereocenters. The maximum Gasteiger partial charge on any atom is 0.271 e. The summed E-state index contributed by atoms with van der Waals surface area (Å²) in [7, 11) is 0. The lowest BCUT2D eigenvalue weighted by atomic mass is 10.2. The first-order chi connectivity index (χ1) is 16.3. The number of carbonyl (C=O) groups excluding carboxylic acids is 1. The summed E-state index contributed by atoms with van der Waals surface area (Å²) in [5, 5.41) is 22.0. The van der Waals surface area contributed by atoms with Crippen molar-refractivity contribution in [1.29, 1.82) is 0 Å². The molecule has 0 aliphatic rings. The average molecular weight is 498 g/mol. The number of para-hydroxylation sites is 1. The number of anilines is 1. The molecule has 34 heavy (non-hydrogen) atoms. The quantitative estimate of drug-likeness (QED) is 0.198. The largest absolute Gasteiger partial charge is 0.324 e. The highest BCUT2D eigenvalue weighted by molar-refractivity contribution is 8.00. The Morgan fingerprint density at radius 2 is 1.82 bits per heavy atom. The van der Waals surface area contributed by atoms with E-state index in [-0.39, 0.29) is 28.1 Å². The van der Waals surface area contributed by atoms with Gasteiger partial charge in [-0.3, -0.25) is 19.5 Å². The van der Waals surface area contributed by atoms with Crippen LogP contribution in [0.5, 0.6) is 0 Å². The molecule has 1 aromatic heterocycles. The Hall–Kier alpha value is -3.76. The maximum absolute atomic E-state index is 13.4. The number of nitrogens with one attached hydrogen (secondary N) is 1. The molecule has 0 aliphatic carbocycles. The number of thioether (sulfide) groups is 1. The molecule has 0 aliphatic heterocycles. The van der Waals surface area contributed by atoms with Gasteiger partial charge in [-0.2, -0.15) is 0 Å². The maximum atomic E-state index is 13.4. The Kier molecular flexibility index (Phi) is 6.90. The lowest BCUT2D eigenvalue weighted by Crippen LogP contribution is -2.23. The number of amides is 1. The van der Waals surface area contributed by atoms with Crippen LogP contribution in [0.2, 0.25) is 5.02 Å². The van der Waals surface area contributed by atoms with Gasteiger partial charge in [0, 0.05) is 23.4 Å². The predicted molar refractivity (Wildman–Crippen MR) is 129 cm³/mol. The molecule has 0 radical (unpaired) electrons. The summed E-state index contributed by atoms with van der Waals surface area (Å²) in [5.41, 5.74) is 1.54. The molecule has 0 saturated heterocycles. The molecule has 3 aromatic carbocycles. The van der Waals surface area contributed by atoms with Crippen molar-refractivity contribution >= 4 is 40.6 Å². The highest BCUT2D eigenvalue weighted by atomic mass is 35.5. The molecule has 4 aromatic rings. The Bertz CT molecular complexity index is 1350. The van der Waals surface area contributed by atoms with Gasteiger partial charge < -0.3 is 5.32 Å². The number of nitro groups is 1. The second kappa shape index (κ2) is 10.0. The zero-order valence-corrected chi connectivity index (χ0v) is 19.3. The van der Waals surface area contributed by atoms with Gasteiger partial charge in [-0.05, 0) is 49.4 Å². The van der Waals surface area contributed by atoms with Gasteiger partial charge in [-0.25, -0.2) is 4.39 Å². The molecule has 172 valence electrons. The SMILES string of the molecule is CC(Sc1nnc(-c2ccc(F)cc2)n1-c1ccccc1)C(=O)Nc1ccc([N+](=O)[O-])cc1Cl. The Labute approximate surface area is 202 Å². The third-order valence-electron chi connectivity index (χ3n) is 4.82. The summed E-state index contributed by atoms with van der Waals surface area (Å²) in [6.45, 7) is 1.70. The third kappa shape index (κ3) is 5.08. The number of non-ortho nitro benzene ring substituents is 1. The summed E-state index contributed by atoms with van der Waals surface area (Å²) in [5.74, 6) is -0.231. The molecule has 1 heterocycles. The second-order valence-corrected chi connectivity index (χ2v) is 8.87. The number of halogens is 2. The number of nitro benzene ring substituents is 1. The van der Waals surface area contributed by atoms with E-state index in [1.54, 1.807) is 23.6 Å². The van der Waals surface area contributed by atoms with Crippen molar-refractivity contribution in [1.82, 2.24) is 14.8 Å². The zero-order chi connectivity index (χ0) is 24.2. The van der Waals surface area contributed by atoms with Crippen LogP contribution in [-0.2, 0) is 4.79 Å². The predicted octanol–water partition coefficient (Wildman–Crippen LogP) is 5.75. The fraction of sp³-hybridized carbons (Fsp3) is 0.0870. The Balaban J connectivity index is 1.60. The highest BCUT2D eigenvalue weighted by Crippen LogP contribution is 2.32. The standard InChI is InChI=1S/C23H17ClFN5O3S/c1-14(22(31)26-20-12-11-18(30(32)33)13-19(20)24)34-23-28-27-21(15-7-9-16(25)10-8-15)29(23)17-5-3-2-4-6-17/h2-14H,1H3,(H,26,31). The van der Waals surface area contributed by atoms with Crippen molar-refractivity contribution in [3.05, 3.63) is 93.8 Å². The van der Waals surface area contributed by atoms with Crippen LogP contribution in [0.15, 0.2) is 78.0 Å². The number of benzene rings is 3. The lowest BCUT2D eigenvalue weighted by Gasteiger charge is -2.14. The lowest BCUT2D eigenvalue weighted by molar-refractivity contribution is -0.384. The molecular weight excluding hydrogens is 481 g/mol. The van der Waals surface area contributed by atoms with Crippen molar-refractivity contribution < 1.29 is 14.1 Å². The van der Waals surface area contributed by atoms with E-state index in [0.717, 1.165) is 5.69 Å². The number of aromatic nitrogens is 3. The van der Waals surface area contributed by atoms with E-state index in [4.69, 9.17) is 11.6 Å². The third-order valence-corrected chi connectivity index (χ3v) is 6.18. The van der Waals surface area contributed by atoms with Gasteiger partial charge in [0.05, 0.1) is 20.9 Å². The number of rotatable bonds is 7. The van der Waals surface area contributed by atoms with Crippen molar-refractivity contribution in [3.63, 3.8) is 0 Å². The van der Waals surface area contributed by atoms with E-state index in [0.29, 0.717) is 16.5 Å². The van der Waals surface area contributed by atoms with Crippen molar-refractivity contribution in [2.45, 2.75) is 17.3 Å². The van der Waals surface area contributed by atoms with Crippen LogP contribution in [0, 0.1) is 15.9 Å². The summed E-state index contributed by atoms with van der Waals surface area (Å²) < 4.78 is 15.2. The first-order valence-corrected chi connectivity index (χ1v) is 11.3. The summed E-state index contributed by atoms with van der Waals surface area (Å²) in [6.07, 6.45) is 0. The normalized spacial score (nSPS) is 11.7. The molecule has 1 N–H and O–H groups in total. The highest BCUT2D eigenvalue weighted by Gasteiger charge is 2.23. The van der Waals surface area contributed by atoms with Crippen LogP contribution in [0.1, 0.15) is 6.92 Å². The monoisotopic (exact) mass is 497 g/mol. The fourth-order valence-corrected chi connectivity index (χ4v) is 4.20. The number of nitrogens with zero attached hydrogens (tertiary/aromatic N) is 4. The van der Waals surface area contributed by atoms with Crippen molar-refractivity contribution in [2.75, 3.05) is 5.32 Å². The molecule has 1 atom stereocenters. The van der Waals surface area contributed by atoms with Gasteiger partial charge in [0.1, 0.15) is 5.82 Å². The van der Waals surface area contributed by atoms with Gasteiger partial charge >= 0.3 is 0 Å². The first kappa shape index (κ1) is 23.4. The Morgan fingerprint density at radius 3 is 2.47 bits per heavy atom. The van der Waals surface area contributed by atoms with Crippen LogP contribution in [0.3, 0.4) is 0 Å². The topological polar surface area (TPSA) is 103 Å². The molecule has 1 amide bonds. The average Bonchev–Trinajstić information content (AvgIpc) is 3.24. The summed E-state index contributed by atoms with van der Waals surface area (Å²) in [6, 6.07) is 19.1. The Morgan fingerprint density at radius 1 is 1.12 bits per heavy atom. The van der Waals surface area contributed by atoms with Gasteiger partial charge in [-0.15, -0.1) is 10.2 Å². The van der Waals surface area contributed by atoms with Gasteiger partial charge in [-0.1, -0.05) is 41.6 Å².